The maximum atomic E-state index is 5.37. The van der Waals surface area contributed by atoms with E-state index in [1.54, 1.807) is 6.20 Å². The predicted octanol–water partition coefficient (Wildman–Crippen LogP) is 1.39. The number of nitrogens with two attached hydrogens (primary N) is 1. The second kappa shape index (κ2) is 6.31. The Morgan fingerprint density at radius 2 is 2.28 bits per heavy atom. The number of ether oxygens (including phenoxy) is 1. The summed E-state index contributed by atoms with van der Waals surface area (Å²) < 4.78 is 6.24. The third-order valence-electron chi connectivity index (χ3n) is 3.09. The number of nitrogen functional groups attached to an aromatic ring is 1. The van der Waals surface area contributed by atoms with E-state index >= 15 is 0 Å². The first-order valence-corrected chi connectivity index (χ1v) is 6.78. The predicted molar refractivity (Wildman–Crippen MR) is 74.4 cm³/mol. The van der Waals surface area contributed by atoms with E-state index in [0.29, 0.717) is 11.9 Å². The molecule has 1 aromatic heterocycles. The Labute approximate surface area is 115 Å². The van der Waals surface area contributed by atoms with E-state index in [9.17, 15) is 0 Å². The maximum absolute atomic E-state index is 5.37. The van der Waals surface area contributed by atoms with Gasteiger partial charge in [-0.3, -0.25) is 5.43 Å². The summed E-state index contributed by atoms with van der Waals surface area (Å²) in [6, 6.07) is 0. The number of hydrazine groups is 1. The lowest BCUT2D eigenvalue weighted by Gasteiger charge is -2.28. The third-order valence-corrected chi connectivity index (χ3v) is 3.65. The molecule has 0 spiro atoms. The first-order valence-electron chi connectivity index (χ1n) is 5.98. The van der Waals surface area contributed by atoms with Crippen molar-refractivity contribution in [1.82, 2.24) is 9.97 Å². The largest absolute Gasteiger partial charge is 0.381 e. The molecule has 1 saturated heterocycles. The molecule has 1 aliphatic heterocycles. The van der Waals surface area contributed by atoms with Gasteiger partial charge in [0.15, 0.2) is 0 Å². The first kappa shape index (κ1) is 13.5. The normalized spacial score (nSPS) is 16.6. The van der Waals surface area contributed by atoms with Crippen LogP contribution in [0.4, 0.5) is 11.8 Å². The second-order valence-electron chi connectivity index (χ2n) is 4.45. The number of halogens is 1. The molecule has 1 fully saturated rings. The van der Waals surface area contributed by atoms with Crippen LogP contribution in [0.5, 0.6) is 0 Å². The summed E-state index contributed by atoms with van der Waals surface area (Å²) in [7, 11) is 2.03. The van der Waals surface area contributed by atoms with Crippen molar-refractivity contribution in [2.24, 2.45) is 11.8 Å². The highest BCUT2D eigenvalue weighted by molar-refractivity contribution is 9.10. The standard InChI is InChI=1S/C11H18BrN5O/c1-17(7-8-2-4-18-5-3-8)10-9(12)6-14-11(15-10)16-13/h6,8H,2-5,7,13H2,1H3,(H,14,15,16). The molecule has 0 aromatic carbocycles. The van der Waals surface area contributed by atoms with Gasteiger partial charge in [0, 0.05) is 33.0 Å². The summed E-state index contributed by atoms with van der Waals surface area (Å²) in [4.78, 5) is 10.5. The topological polar surface area (TPSA) is 76.3 Å². The third kappa shape index (κ3) is 3.30. The fourth-order valence-corrected chi connectivity index (χ4v) is 2.59. The molecule has 0 amide bonds. The smallest absolute Gasteiger partial charge is 0.239 e. The van der Waals surface area contributed by atoms with Gasteiger partial charge in [0.05, 0.1) is 4.47 Å². The summed E-state index contributed by atoms with van der Waals surface area (Å²) in [5.41, 5.74) is 2.46. The number of rotatable bonds is 4. The SMILES string of the molecule is CN(CC1CCOCC1)c1nc(NN)ncc1Br. The molecule has 0 unspecified atom stereocenters. The van der Waals surface area contributed by atoms with Gasteiger partial charge in [-0.05, 0) is 34.7 Å². The van der Waals surface area contributed by atoms with E-state index in [1.807, 2.05) is 7.05 Å². The number of nitrogens with zero attached hydrogens (tertiary/aromatic N) is 3. The summed E-state index contributed by atoms with van der Waals surface area (Å²) >= 11 is 3.47. The van der Waals surface area contributed by atoms with Crippen molar-refractivity contribution in [1.29, 1.82) is 0 Å². The highest BCUT2D eigenvalue weighted by Gasteiger charge is 2.18. The summed E-state index contributed by atoms with van der Waals surface area (Å²) in [5, 5.41) is 0. The number of hydrogen-bond acceptors (Lipinski definition) is 6. The Bertz CT molecular complexity index is 397. The van der Waals surface area contributed by atoms with Gasteiger partial charge in [0.1, 0.15) is 5.82 Å². The molecule has 1 aromatic rings. The quantitative estimate of drug-likeness (QED) is 0.646. The van der Waals surface area contributed by atoms with Gasteiger partial charge in [0.2, 0.25) is 5.95 Å². The van der Waals surface area contributed by atoms with E-state index in [4.69, 9.17) is 10.6 Å². The molecular formula is C11H18BrN5O. The van der Waals surface area contributed by atoms with Crippen molar-refractivity contribution in [3.63, 3.8) is 0 Å². The second-order valence-corrected chi connectivity index (χ2v) is 5.30. The lowest BCUT2D eigenvalue weighted by atomic mass is 10.00. The van der Waals surface area contributed by atoms with Crippen molar-refractivity contribution in [2.45, 2.75) is 12.8 Å². The molecule has 6 nitrogen and oxygen atoms in total. The Hall–Kier alpha value is -0.920. The zero-order valence-electron chi connectivity index (χ0n) is 10.4. The zero-order valence-corrected chi connectivity index (χ0v) is 12.0. The van der Waals surface area contributed by atoms with Crippen LogP contribution in [0.2, 0.25) is 0 Å². The molecule has 100 valence electrons. The Balaban J connectivity index is 2.04. The van der Waals surface area contributed by atoms with Gasteiger partial charge in [-0.25, -0.2) is 10.8 Å². The van der Waals surface area contributed by atoms with Crippen LogP contribution in [0.1, 0.15) is 12.8 Å². The van der Waals surface area contributed by atoms with Crippen molar-refractivity contribution >= 4 is 27.7 Å². The number of hydrogen-bond donors (Lipinski definition) is 2. The fourth-order valence-electron chi connectivity index (χ4n) is 2.10. The Morgan fingerprint density at radius 1 is 1.56 bits per heavy atom. The Kier molecular flexibility index (Phi) is 4.73. The zero-order chi connectivity index (χ0) is 13.0. The van der Waals surface area contributed by atoms with Crippen LogP contribution in [-0.4, -0.2) is 36.8 Å². The van der Waals surface area contributed by atoms with Gasteiger partial charge in [-0.2, -0.15) is 4.98 Å². The average molecular weight is 316 g/mol. The molecule has 18 heavy (non-hydrogen) atoms. The highest BCUT2D eigenvalue weighted by Crippen LogP contribution is 2.25. The molecule has 0 saturated carbocycles. The van der Waals surface area contributed by atoms with Crippen LogP contribution in [0.15, 0.2) is 10.7 Å². The minimum Gasteiger partial charge on any atom is -0.381 e. The van der Waals surface area contributed by atoms with Crippen molar-refractivity contribution < 1.29 is 4.74 Å². The molecule has 1 aliphatic rings. The minimum atomic E-state index is 0.423. The maximum Gasteiger partial charge on any atom is 0.239 e. The molecular weight excluding hydrogens is 298 g/mol. The van der Waals surface area contributed by atoms with E-state index < -0.39 is 0 Å². The van der Waals surface area contributed by atoms with Crippen LogP contribution >= 0.6 is 15.9 Å². The van der Waals surface area contributed by atoms with E-state index in [1.165, 1.54) is 0 Å². The van der Waals surface area contributed by atoms with E-state index in [2.05, 4.69) is 36.2 Å². The van der Waals surface area contributed by atoms with E-state index in [0.717, 1.165) is 42.9 Å². The summed E-state index contributed by atoms with van der Waals surface area (Å²) in [6.45, 7) is 2.68. The number of nitrogens with one attached hydrogen (secondary N) is 1. The van der Waals surface area contributed by atoms with Gasteiger partial charge in [0.25, 0.3) is 0 Å². The molecule has 2 heterocycles. The van der Waals surface area contributed by atoms with Gasteiger partial charge in [-0.15, -0.1) is 0 Å². The van der Waals surface area contributed by atoms with Crippen molar-refractivity contribution in [3.8, 4) is 0 Å². The fraction of sp³-hybridized carbons (Fsp3) is 0.636. The number of anilines is 2. The molecule has 7 heteroatoms. The summed E-state index contributed by atoms with van der Waals surface area (Å²) in [5.74, 6) is 7.26. The molecule has 2 rings (SSSR count). The molecule has 0 bridgehead atoms. The molecule has 0 radical (unpaired) electrons. The van der Waals surface area contributed by atoms with Crippen LogP contribution in [0, 0.1) is 5.92 Å². The molecule has 0 atom stereocenters. The number of aromatic nitrogens is 2. The average Bonchev–Trinajstić information content (AvgIpc) is 2.40. The van der Waals surface area contributed by atoms with Crippen LogP contribution in [-0.2, 0) is 4.74 Å². The minimum absolute atomic E-state index is 0.423. The molecule has 3 N–H and O–H groups in total. The van der Waals surface area contributed by atoms with Gasteiger partial charge in [-0.1, -0.05) is 0 Å². The monoisotopic (exact) mass is 315 g/mol. The lowest BCUT2D eigenvalue weighted by molar-refractivity contribution is 0.0685. The van der Waals surface area contributed by atoms with Crippen LogP contribution in [0.3, 0.4) is 0 Å². The van der Waals surface area contributed by atoms with Crippen LogP contribution in [0.25, 0.3) is 0 Å². The van der Waals surface area contributed by atoms with E-state index in [-0.39, 0.29) is 0 Å². The molecule has 0 aliphatic carbocycles. The summed E-state index contributed by atoms with van der Waals surface area (Å²) in [6.07, 6.45) is 3.92. The van der Waals surface area contributed by atoms with Crippen molar-refractivity contribution in [3.05, 3.63) is 10.7 Å². The van der Waals surface area contributed by atoms with Crippen molar-refractivity contribution in [2.75, 3.05) is 37.1 Å². The highest BCUT2D eigenvalue weighted by atomic mass is 79.9. The Morgan fingerprint density at radius 3 is 2.94 bits per heavy atom. The van der Waals surface area contributed by atoms with Gasteiger partial charge < -0.3 is 9.64 Å². The lowest BCUT2D eigenvalue weighted by Crippen LogP contribution is -2.30. The van der Waals surface area contributed by atoms with Gasteiger partial charge >= 0.3 is 0 Å². The van der Waals surface area contributed by atoms with Crippen LogP contribution < -0.4 is 16.2 Å². The first-order chi connectivity index (χ1) is 8.70.